The Bertz CT molecular complexity index is 5100. The Morgan fingerprint density at radius 1 is 0.271 bits per heavy atom. The zero-order valence-electron chi connectivity index (χ0n) is 41.1. The summed E-state index contributed by atoms with van der Waals surface area (Å²) in [6.07, 6.45) is -7.25. The van der Waals surface area contributed by atoms with Crippen molar-refractivity contribution in [2.24, 2.45) is 0 Å². The average molecular weight is 1340 g/mol. The van der Waals surface area contributed by atoms with E-state index < -0.39 is 279 Å². The summed E-state index contributed by atoms with van der Waals surface area (Å²) in [5.41, 5.74) is -11.9. The van der Waals surface area contributed by atoms with Gasteiger partial charge in [0.1, 0.15) is 127 Å². The van der Waals surface area contributed by atoms with Crippen molar-refractivity contribution in [2.45, 2.75) is 64.8 Å². The first-order chi connectivity index (χ1) is 38.1. The predicted molar refractivity (Wildman–Crippen MR) is 264 cm³/mol. The number of rotatable bonds is 8. The second kappa shape index (κ2) is 20.3. The third-order valence-electron chi connectivity index (χ3n) is 13.5. The van der Waals surface area contributed by atoms with Crippen LogP contribution < -0.4 is 29.6 Å². The van der Waals surface area contributed by atoms with E-state index in [2.05, 4.69) is 0 Å². The van der Waals surface area contributed by atoms with Crippen LogP contribution >= 0.6 is 0 Å². The van der Waals surface area contributed by atoms with Gasteiger partial charge in [0.15, 0.2) is 0 Å². The molecule has 8 aliphatic rings. The standard InChI is InChI=1S/C44H32O32S8.Na/c45-25-3-15-1-17-27(77(53,54)55)5-13-7-29(79(59,60)61)19(39(49)33(13)37(17)47)9-22-32(82(68,69)70)12-24-36(42(22)52)26(46)4-16(44(24)84(74,75)76)2-18-28(78(56,57)58)6-14-8-30(80(62,63)64)20(40(50)34(14)38(18)48)10-21-31(81(65,66)67)11-23(35(25)41(21)51)43(15)83(71,72)73;/h3-8,11-12,45-52H,1-2,9-10H2,(H,53,54,55)(H,56,57,58)(H,59,60,61)(H,62,63,64)(H,65,66,67)(H,68,69,70)(H,71,72,73)(H,74,75,76);/q;+1/p-8. The summed E-state index contributed by atoms with van der Waals surface area (Å²) in [7, 11) is -50.4. The molecular formula is C44H24NaO32S8-7. The molecule has 448 valence electrons. The Balaban J connectivity index is 0.00000940. The minimum Gasteiger partial charge on any atom is -0.744 e. The van der Waals surface area contributed by atoms with Crippen LogP contribution in [-0.4, -0.2) is 145 Å². The van der Waals surface area contributed by atoms with Crippen molar-refractivity contribution in [1.82, 2.24) is 0 Å². The van der Waals surface area contributed by atoms with Gasteiger partial charge in [-0.25, -0.2) is 67.3 Å². The molecule has 8 N–H and O–H groups in total. The summed E-state index contributed by atoms with van der Waals surface area (Å²) in [5, 5.41) is 83.0. The van der Waals surface area contributed by atoms with Gasteiger partial charge in [-0.2, -0.15) is 0 Å². The van der Waals surface area contributed by atoms with E-state index in [1.54, 1.807) is 0 Å². The van der Waals surface area contributed by atoms with Crippen LogP contribution in [0.5, 0.6) is 46.0 Å². The monoisotopic (exact) mass is 1340 g/mol. The number of aromatic hydroxyl groups is 8. The quantitative estimate of drug-likeness (QED) is 0.0550. The van der Waals surface area contributed by atoms with Crippen LogP contribution in [0.15, 0.2) is 87.7 Å². The zero-order valence-corrected chi connectivity index (χ0v) is 49.6. The molecule has 0 radical (unpaired) electrons. The molecule has 8 aliphatic carbocycles. The summed E-state index contributed by atoms with van der Waals surface area (Å²) in [4.78, 5) is -14.8. The Morgan fingerprint density at radius 3 is 0.682 bits per heavy atom. The van der Waals surface area contributed by atoms with E-state index in [1.165, 1.54) is 0 Å². The number of hydrogen-bond acceptors (Lipinski definition) is 32. The van der Waals surface area contributed by atoms with E-state index in [4.69, 9.17) is 0 Å². The molecule has 0 atom stereocenters. The summed E-state index contributed by atoms with van der Waals surface area (Å²) < 4.78 is 314. The number of phenolic OH excluding ortho intramolecular Hbond substituents is 8. The van der Waals surface area contributed by atoms with Gasteiger partial charge < -0.3 is 77.3 Å². The molecule has 0 aromatic heterocycles. The molecule has 8 aromatic carbocycles. The Morgan fingerprint density at radius 2 is 0.471 bits per heavy atom. The molecule has 16 rings (SSSR count). The molecule has 0 unspecified atom stereocenters. The molecule has 0 saturated carbocycles. The van der Waals surface area contributed by atoms with Gasteiger partial charge in [-0.3, -0.25) is 0 Å². The molecule has 14 bridgehead atoms. The van der Waals surface area contributed by atoms with Crippen LogP contribution in [0.1, 0.15) is 44.5 Å². The summed E-state index contributed by atoms with van der Waals surface area (Å²) in [5.74, 6) is -14.2. The number of benzene rings is 8. The van der Waals surface area contributed by atoms with Crippen molar-refractivity contribution in [3.05, 3.63) is 93.0 Å². The molecule has 8 aromatic rings. The van der Waals surface area contributed by atoms with E-state index in [1.807, 2.05) is 0 Å². The maximum atomic E-state index is 13.3. The molecule has 0 aliphatic heterocycles. The Kier molecular flexibility index (Phi) is 15.4. The van der Waals surface area contributed by atoms with Crippen molar-refractivity contribution >= 4 is 124 Å². The van der Waals surface area contributed by atoms with Crippen LogP contribution in [0.2, 0.25) is 0 Å². The molecule has 0 heterocycles. The van der Waals surface area contributed by atoms with Gasteiger partial charge in [0.25, 0.3) is 0 Å². The Labute approximate surface area is 498 Å². The average Bonchev–Trinajstić information content (AvgIpc) is 0.801. The third-order valence-corrected chi connectivity index (χ3v) is 20.9. The molecule has 41 heteroatoms. The minimum atomic E-state index is -6.40. The third kappa shape index (κ3) is 10.9. The maximum Gasteiger partial charge on any atom is 1.00 e. The molecule has 0 spiro atoms. The first-order valence-electron chi connectivity index (χ1n) is 21.9. The number of phenols is 8. The van der Waals surface area contributed by atoms with E-state index in [0.29, 0.717) is 0 Å². The molecule has 0 fully saturated rings. The molecule has 85 heavy (non-hydrogen) atoms. The van der Waals surface area contributed by atoms with Crippen molar-refractivity contribution < 1.29 is 174 Å². The van der Waals surface area contributed by atoms with Gasteiger partial charge in [0.2, 0.25) is 0 Å². The van der Waals surface area contributed by atoms with Gasteiger partial charge in [-0.15, -0.1) is 0 Å². The largest absolute Gasteiger partial charge is 1.00 e. The fourth-order valence-corrected chi connectivity index (χ4v) is 16.5. The first-order valence-corrected chi connectivity index (χ1v) is 33.1. The molecule has 0 amide bonds. The van der Waals surface area contributed by atoms with Gasteiger partial charge in [0, 0.05) is 69.8 Å². The SMILES string of the molecule is O=S(=O)([O-])c1cc2cc(S(=O)(=O)[O-])c3c(O)c2c(O)c1Cc1cc(O)c2c(O)c(c(S(=O)(=O)[O-])cc2c1S(=O)(=O)[O-])Cc1c(S(=O)(=O)[O-])cc2cc(S(=O)(=O)[O-])c(c(O)c2c1O)Cc1cc(O)c2c(O)c(c(S(=O)(=O)[O-])cc2c1S(=O)(=O)[O-])C3.[Na+]. The second-order valence-electron chi connectivity index (χ2n) is 18.4. The zero-order chi connectivity index (χ0) is 63.0. The van der Waals surface area contributed by atoms with Gasteiger partial charge >= 0.3 is 29.6 Å². The van der Waals surface area contributed by atoms with Crippen molar-refractivity contribution in [1.29, 1.82) is 0 Å². The van der Waals surface area contributed by atoms with Crippen molar-refractivity contribution in [3.63, 3.8) is 0 Å². The van der Waals surface area contributed by atoms with Gasteiger partial charge in [-0.05, 0) is 70.4 Å². The van der Waals surface area contributed by atoms with Crippen LogP contribution in [0.3, 0.4) is 0 Å². The summed E-state index contributed by atoms with van der Waals surface area (Å²) >= 11 is 0. The maximum absolute atomic E-state index is 13.3. The second-order valence-corrected chi connectivity index (χ2v) is 29.1. The van der Waals surface area contributed by atoms with Crippen LogP contribution in [0.4, 0.5) is 0 Å². The van der Waals surface area contributed by atoms with Crippen LogP contribution in [0, 0.1) is 0 Å². The molecular weight excluding hydrogens is 1320 g/mol. The van der Waals surface area contributed by atoms with Crippen molar-refractivity contribution in [2.75, 3.05) is 0 Å². The minimum absolute atomic E-state index is 0. The van der Waals surface area contributed by atoms with E-state index >= 15 is 0 Å². The molecule has 0 saturated heterocycles. The van der Waals surface area contributed by atoms with Gasteiger partial charge in [0.05, 0.1) is 60.7 Å². The van der Waals surface area contributed by atoms with E-state index in [-0.39, 0.29) is 78.1 Å². The van der Waals surface area contributed by atoms with Crippen LogP contribution in [0.25, 0.3) is 43.1 Å². The van der Waals surface area contributed by atoms with Gasteiger partial charge in [-0.1, -0.05) is 0 Å². The van der Waals surface area contributed by atoms with E-state index in [9.17, 15) is 145 Å². The summed E-state index contributed by atoms with van der Waals surface area (Å²) in [6, 6.07) is 0.350. The fraction of sp³-hybridized carbons (Fsp3) is 0.0909. The number of hydrogen-bond donors (Lipinski definition) is 8. The smallest absolute Gasteiger partial charge is 0.744 e. The predicted octanol–water partition coefficient (Wildman–Crippen LogP) is -3.14. The normalized spacial score (nSPS) is 14.0. The molecule has 32 nitrogen and oxygen atoms in total. The fourth-order valence-electron chi connectivity index (χ4n) is 10.3. The summed E-state index contributed by atoms with van der Waals surface area (Å²) in [6.45, 7) is 0. The topological polar surface area (TPSA) is 619 Å². The van der Waals surface area contributed by atoms with Crippen molar-refractivity contribution in [3.8, 4) is 46.0 Å². The Hall–Kier alpha value is -6.52. The first kappa shape index (κ1) is 64.5. The van der Waals surface area contributed by atoms with E-state index in [0.717, 1.165) is 0 Å². The van der Waals surface area contributed by atoms with Crippen LogP contribution in [-0.2, 0) is 107 Å².